The Morgan fingerprint density at radius 3 is 2.76 bits per heavy atom. The SMILES string of the molecule is CNc1nc(-c2cc3ccccc3o2)nc(C2CC2)c1Br. The summed E-state index contributed by atoms with van der Waals surface area (Å²) in [6.45, 7) is 0. The van der Waals surface area contributed by atoms with Gasteiger partial charge in [0.25, 0.3) is 0 Å². The highest BCUT2D eigenvalue weighted by atomic mass is 79.9. The third-order valence-corrected chi connectivity index (χ3v) is 4.51. The number of aromatic nitrogens is 2. The zero-order valence-corrected chi connectivity index (χ0v) is 13.1. The zero-order valence-electron chi connectivity index (χ0n) is 11.6. The highest BCUT2D eigenvalue weighted by Gasteiger charge is 2.29. The first-order chi connectivity index (χ1) is 10.3. The normalized spacial score (nSPS) is 14.6. The number of nitrogens with one attached hydrogen (secondary N) is 1. The average Bonchev–Trinajstić information content (AvgIpc) is 3.25. The number of hydrogen-bond acceptors (Lipinski definition) is 4. The van der Waals surface area contributed by atoms with Gasteiger partial charge in [-0.2, -0.15) is 0 Å². The van der Waals surface area contributed by atoms with E-state index in [9.17, 15) is 0 Å². The molecule has 0 bridgehead atoms. The molecule has 0 spiro atoms. The Bertz CT molecular complexity index is 791. The Kier molecular flexibility index (Phi) is 2.96. The van der Waals surface area contributed by atoms with E-state index in [2.05, 4.69) is 26.2 Å². The largest absolute Gasteiger partial charge is 0.453 e. The van der Waals surface area contributed by atoms with Crippen LogP contribution in [0.2, 0.25) is 0 Å². The van der Waals surface area contributed by atoms with Crippen LogP contribution in [0, 0.1) is 0 Å². The molecule has 1 aliphatic carbocycles. The number of halogens is 1. The number of nitrogens with zero attached hydrogens (tertiary/aromatic N) is 2. The van der Waals surface area contributed by atoms with Gasteiger partial charge in [0.05, 0.1) is 10.2 Å². The zero-order chi connectivity index (χ0) is 14.4. The lowest BCUT2D eigenvalue weighted by molar-refractivity contribution is 0.624. The highest BCUT2D eigenvalue weighted by Crippen LogP contribution is 2.44. The van der Waals surface area contributed by atoms with Crippen LogP contribution in [-0.2, 0) is 0 Å². The molecule has 4 rings (SSSR count). The Hall–Kier alpha value is -1.88. The van der Waals surface area contributed by atoms with E-state index in [0.29, 0.717) is 17.5 Å². The van der Waals surface area contributed by atoms with Crippen LogP contribution in [-0.4, -0.2) is 17.0 Å². The molecule has 5 heteroatoms. The van der Waals surface area contributed by atoms with Crippen LogP contribution >= 0.6 is 15.9 Å². The van der Waals surface area contributed by atoms with Crippen molar-refractivity contribution in [1.82, 2.24) is 9.97 Å². The third kappa shape index (κ3) is 2.21. The molecule has 0 atom stereocenters. The van der Waals surface area contributed by atoms with Crippen LogP contribution in [0.15, 0.2) is 39.2 Å². The van der Waals surface area contributed by atoms with E-state index in [4.69, 9.17) is 9.40 Å². The number of anilines is 1. The lowest BCUT2D eigenvalue weighted by Crippen LogP contribution is -2.02. The smallest absolute Gasteiger partial charge is 0.197 e. The molecule has 106 valence electrons. The van der Waals surface area contributed by atoms with E-state index in [1.807, 2.05) is 37.4 Å². The van der Waals surface area contributed by atoms with E-state index < -0.39 is 0 Å². The summed E-state index contributed by atoms with van der Waals surface area (Å²) >= 11 is 3.61. The van der Waals surface area contributed by atoms with Crippen molar-refractivity contribution in [2.24, 2.45) is 0 Å². The Labute approximate surface area is 130 Å². The standard InChI is InChI=1S/C16H14BrN3O/c1-18-16-13(17)14(9-6-7-9)19-15(20-16)12-8-10-4-2-3-5-11(10)21-12/h2-5,8-9H,6-7H2,1H3,(H,18,19,20). The van der Waals surface area contributed by atoms with Crippen LogP contribution in [0.1, 0.15) is 24.5 Å². The molecule has 0 aliphatic heterocycles. The first-order valence-electron chi connectivity index (χ1n) is 7.00. The molecule has 1 fully saturated rings. The Morgan fingerprint density at radius 2 is 2.05 bits per heavy atom. The van der Waals surface area contributed by atoms with Crippen molar-refractivity contribution in [2.45, 2.75) is 18.8 Å². The summed E-state index contributed by atoms with van der Waals surface area (Å²) in [5, 5.41) is 4.19. The molecule has 3 aromatic rings. The fourth-order valence-corrected chi connectivity index (χ4v) is 3.16. The van der Waals surface area contributed by atoms with E-state index in [1.54, 1.807) is 0 Å². The number of fused-ring (bicyclic) bond motifs is 1. The van der Waals surface area contributed by atoms with E-state index in [1.165, 1.54) is 12.8 Å². The lowest BCUT2D eigenvalue weighted by atomic mass is 10.2. The number of hydrogen-bond donors (Lipinski definition) is 1. The van der Waals surface area contributed by atoms with Crippen molar-refractivity contribution in [3.05, 3.63) is 40.5 Å². The van der Waals surface area contributed by atoms with Gasteiger partial charge in [-0.1, -0.05) is 18.2 Å². The predicted octanol–water partition coefficient (Wildman–Crippen LogP) is 4.57. The monoisotopic (exact) mass is 343 g/mol. The molecule has 0 saturated heterocycles. The first-order valence-corrected chi connectivity index (χ1v) is 7.79. The quantitative estimate of drug-likeness (QED) is 0.756. The Morgan fingerprint density at radius 1 is 1.24 bits per heavy atom. The van der Waals surface area contributed by atoms with Gasteiger partial charge in [0.2, 0.25) is 0 Å². The summed E-state index contributed by atoms with van der Waals surface area (Å²) in [6, 6.07) is 9.95. The highest BCUT2D eigenvalue weighted by molar-refractivity contribution is 9.10. The second-order valence-electron chi connectivity index (χ2n) is 5.27. The molecule has 1 aromatic carbocycles. The number of rotatable bonds is 3. The Balaban J connectivity index is 1.88. The summed E-state index contributed by atoms with van der Waals surface area (Å²) in [5.41, 5.74) is 1.93. The van der Waals surface area contributed by atoms with Crippen LogP contribution in [0.4, 0.5) is 5.82 Å². The second kappa shape index (κ2) is 4.84. The van der Waals surface area contributed by atoms with E-state index >= 15 is 0 Å². The van der Waals surface area contributed by atoms with Gasteiger partial charge in [-0.25, -0.2) is 9.97 Å². The van der Waals surface area contributed by atoms with Gasteiger partial charge in [0, 0.05) is 18.4 Å². The lowest BCUT2D eigenvalue weighted by Gasteiger charge is -2.09. The molecular formula is C16H14BrN3O. The molecule has 21 heavy (non-hydrogen) atoms. The minimum atomic E-state index is 0.539. The minimum Gasteiger partial charge on any atom is -0.453 e. The summed E-state index contributed by atoms with van der Waals surface area (Å²) < 4.78 is 6.85. The van der Waals surface area contributed by atoms with Crippen molar-refractivity contribution >= 4 is 32.7 Å². The van der Waals surface area contributed by atoms with Crippen molar-refractivity contribution in [2.75, 3.05) is 12.4 Å². The maximum atomic E-state index is 5.88. The minimum absolute atomic E-state index is 0.539. The molecule has 1 saturated carbocycles. The van der Waals surface area contributed by atoms with Crippen LogP contribution in [0.25, 0.3) is 22.6 Å². The van der Waals surface area contributed by atoms with Crippen LogP contribution in [0.5, 0.6) is 0 Å². The summed E-state index contributed by atoms with van der Waals surface area (Å²) in [6.07, 6.45) is 2.39. The van der Waals surface area contributed by atoms with Crippen molar-refractivity contribution in [3.63, 3.8) is 0 Å². The van der Waals surface area contributed by atoms with Gasteiger partial charge in [-0.05, 0) is 40.9 Å². The number of benzene rings is 1. The number of furan rings is 1. The van der Waals surface area contributed by atoms with Gasteiger partial charge < -0.3 is 9.73 Å². The summed E-state index contributed by atoms with van der Waals surface area (Å²) in [7, 11) is 1.87. The van der Waals surface area contributed by atoms with Gasteiger partial charge in [0.15, 0.2) is 11.6 Å². The topological polar surface area (TPSA) is 51.0 Å². The van der Waals surface area contributed by atoms with Gasteiger partial charge in [-0.3, -0.25) is 0 Å². The van der Waals surface area contributed by atoms with Gasteiger partial charge in [-0.15, -0.1) is 0 Å². The average molecular weight is 344 g/mol. The summed E-state index contributed by atoms with van der Waals surface area (Å²) in [5.74, 6) is 2.70. The second-order valence-corrected chi connectivity index (χ2v) is 6.06. The van der Waals surface area contributed by atoms with Crippen molar-refractivity contribution in [1.29, 1.82) is 0 Å². The fourth-order valence-electron chi connectivity index (χ4n) is 2.46. The van der Waals surface area contributed by atoms with Crippen molar-refractivity contribution in [3.8, 4) is 11.6 Å². The third-order valence-electron chi connectivity index (χ3n) is 3.72. The van der Waals surface area contributed by atoms with E-state index in [-0.39, 0.29) is 0 Å². The van der Waals surface area contributed by atoms with Crippen LogP contribution < -0.4 is 5.32 Å². The molecule has 4 nitrogen and oxygen atoms in total. The number of para-hydroxylation sites is 1. The maximum absolute atomic E-state index is 5.88. The van der Waals surface area contributed by atoms with Crippen LogP contribution in [0.3, 0.4) is 0 Å². The maximum Gasteiger partial charge on any atom is 0.197 e. The molecule has 1 N–H and O–H groups in total. The molecule has 2 heterocycles. The fraction of sp³-hybridized carbons (Fsp3) is 0.250. The van der Waals surface area contributed by atoms with Crippen molar-refractivity contribution < 1.29 is 4.42 Å². The first kappa shape index (κ1) is 12.8. The van der Waals surface area contributed by atoms with E-state index in [0.717, 1.165) is 27.0 Å². The molecular weight excluding hydrogens is 330 g/mol. The molecule has 0 radical (unpaired) electrons. The summed E-state index contributed by atoms with van der Waals surface area (Å²) in [4.78, 5) is 9.28. The molecule has 0 amide bonds. The molecule has 2 aromatic heterocycles. The molecule has 0 unspecified atom stereocenters. The van der Waals surface area contributed by atoms with Gasteiger partial charge in [0.1, 0.15) is 11.4 Å². The van der Waals surface area contributed by atoms with Gasteiger partial charge >= 0.3 is 0 Å². The predicted molar refractivity (Wildman–Crippen MR) is 86.5 cm³/mol. The molecule has 1 aliphatic rings.